The lowest BCUT2D eigenvalue weighted by atomic mass is 9.83. The van der Waals surface area contributed by atoms with Crippen LogP contribution in [0.15, 0.2) is 72.8 Å². The Morgan fingerprint density at radius 3 is 2.57 bits per heavy atom. The largest absolute Gasteiger partial charge is 0.366 e. The standard InChI is InChI=1S/C27H27ClN4O3/c28-23-8-4-5-9-25(23)30-14-15-31-24-11-10-21(32(34)35)16-20(24)17-22(26(31)18-30)27(33)29-13-12-19-6-2-1-3-7-19/h1-11,16,22,26H,12-15,17-18H2,(H,29,33)/t22-,26-/m1/s1. The van der Waals surface area contributed by atoms with Crippen LogP contribution >= 0.6 is 11.6 Å². The summed E-state index contributed by atoms with van der Waals surface area (Å²) in [4.78, 5) is 29.0. The van der Waals surface area contributed by atoms with Crippen LogP contribution in [-0.4, -0.2) is 43.1 Å². The maximum Gasteiger partial charge on any atom is 0.269 e. The zero-order chi connectivity index (χ0) is 24.4. The second kappa shape index (κ2) is 9.96. The monoisotopic (exact) mass is 490 g/mol. The van der Waals surface area contributed by atoms with Gasteiger partial charge in [0.2, 0.25) is 5.91 Å². The van der Waals surface area contributed by atoms with Crippen LogP contribution in [0, 0.1) is 16.0 Å². The van der Waals surface area contributed by atoms with Crippen LogP contribution in [0.1, 0.15) is 11.1 Å². The molecule has 0 radical (unpaired) electrons. The SMILES string of the molecule is O=C(NCCc1ccccc1)[C@@H]1Cc2cc([N+](=O)[O-])ccc2N2CCN(c3ccccc3Cl)C[C@H]12. The summed E-state index contributed by atoms with van der Waals surface area (Å²) in [6.45, 7) is 2.65. The molecular weight excluding hydrogens is 464 g/mol. The Labute approximate surface area is 209 Å². The number of anilines is 2. The van der Waals surface area contributed by atoms with Gasteiger partial charge in [0.25, 0.3) is 5.69 Å². The normalized spacial score (nSPS) is 19.0. The zero-order valence-corrected chi connectivity index (χ0v) is 20.0. The minimum atomic E-state index is -0.378. The van der Waals surface area contributed by atoms with Crippen LogP contribution in [0.3, 0.4) is 0 Å². The molecule has 1 saturated heterocycles. The van der Waals surface area contributed by atoms with Gasteiger partial charge in [0.15, 0.2) is 0 Å². The molecule has 35 heavy (non-hydrogen) atoms. The van der Waals surface area contributed by atoms with E-state index in [2.05, 4.69) is 15.1 Å². The second-order valence-electron chi connectivity index (χ2n) is 9.07. The highest BCUT2D eigenvalue weighted by molar-refractivity contribution is 6.33. The van der Waals surface area contributed by atoms with Crippen molar-refractivity contribution in [2.45, 2.75) is 18.9 Å². The second-order valence-corrected chi connectivity index (χ2v) is 9.47. The molecule has 5 rings (SSSR count). The molecule has 3 aromatic carbocycles. The number of nitro benzene ring substituents is 1. The molecule has 1 fully saturated rings. The number of amides is 1. The van der Waals surface area contributed by atoms with E-state index in [-0.39, 0.29) is 28.5 Å². The third-order valence-corrected chi connectivity index (χ3v) is 7.31. The Morgan fingerprint density at radius 2 is 1.80 bits per heavy atom. The summed E-state index contributed by atoms with van der Waals surface area (Å²) in [6.07, 6.45) is 1.22. The van der Waals surface area contributed by atoms with Gasteiger partial charge in [-0.05, 0) is 42.2 Å². The van der Waals surface area contributed by atoms with Gasteiger partial charge in [0.05, 0.1) is 27.6 Å². The van der Waals surface area contributed by atoms with E-state index < -0.39 is 0 Å². The first-order valence-electron chi connectivity index (χ1n) is 11.9. The summed E-state index contributed by atoms with van der Waals surface area (Å²) in [5.41, 5.74) is 4.02. The Hall–Kier alpha value is -3.58. The number of piperazine rings is 1. The Kier molecular flexibility index (Phi) is 6.59. The molecule has 2 aliphatic heterocycles. The van der Waals surface area contributed by atoms with E-state index >= 15 is 0 Å². The molecule has 8 heteroatoms. The van der Waals surface area contributed by atoms with Gasteiger partial charge < -0.3 is 15.1 Å². The van der Waals surface area contributed by atoms with Crippen LogP contribution in [0.25, 0.3) is 0 Å². The van der Waals surface area contributed by atoms with Crippen molar-refractivity contribution < 1.29 is 9.72 Å². The predicted molar refractivity (Wildman–Crippen MR) is 138 cm³/mol. The Morgan fingerprint density at radius 1 is 1.03 bits per heavy atom. The molecular formula is C27H27ClN4O3. The zero-order valence-electron chi connectivity index (χ0n) is 19.3. The Balaban J connectivity index is 1.40. The minimum absolute atomic E-state index is 0.0194. The number of carbonyl (C=O) groups is 1. The molecule has 180 valence electrons. The van der Waals surface area contributed by atoms with Crippen LogP contribution in [0.2, 0.25) is 5.02 Å². The number of hydrogen-bond acceptors (Lipinski definition) is 5. The van der Waals surface area contributed by atoms with Gasteiger partial charge in [-0.25, -0.2) is 0 Å². The van der Waals surface area contributed by atoms with Crippen LogP contribution in [0.4, 0.5) is 17.1 Å². The molecule has 1 N–H and O–H groups in total. The number of nitro groups is 1. The van der Waals surface area contributed by atoms with E-state index in [1.807, 2.05) is 60.7 Å². The molecule has 0 aliphatic carbocycles. The first kappa shape index (κ1) is 23.2. The average molecular weight is 491 g/mol. The fourth-order valence-electron chi connectivity index (χ4n) is 5.26. The first-order chi connectivity index (χ1) is 17.0. The van der Waals surface area contributed by atoms with Crippen LogP contribution in [0.5, 0.6) is 0 Å². The van der Waals surface area contributed by atoms with Crippen molar-refractivity contribution in [2.75, 3.05) is 36.0 Å². The molecule has 0 bridgehead atoms. The summed E-state index contributed by atoms with van der Waals surface area (Å²) in [5.74, 6) is -0.348. The highest BCUT2D eigenvalue weighted by atomic mass is 35.5. The van der Waals surface area contributed by atoms with Gasteiger partial charge in [0.1, 0.15) is 0 Å². The Bertz CT molecular complexity index is 1240. The third kappa shape index (κ3) is 4.82. The molecule has 7 nitrogen and oxygen atoms in total. The number of hydrogen-bond donors (Lipinski definition) is 1. The number of rotatable bonds is 6. The molecule has 2 heterocycles. The van der Waals surface area contributed by atoms with Crippen molar-refractivity contribution in [3.8, 4) is 0 Å². The lowest BCUT2D eigenvalue weighted by Crippen LogP contribution is -2.61. The summed E-state index contributed by atoms with van der Waals surface area (Å²) in [5, 5.41) is 15.2. The maximum atomic E-state index is 13.5. The molecule has 2 aliphatic rings. The predicted octanol–water partition coefficient (Wildman–Crippen LogP) is 4.47. The number of para-hydroxylation sites is 1. The fraction of sp³-hybridized carbons (Fsp3) is 0.296. The molecule has 1 amide bonds. The lowest BCUT2D eigenvalue weighted by Gasteiger charge is -2.49. The number of carbonyl (C=O) groups excluding carboxylic acids is 1. The molecule has 0 unspecified atom stereocenters. The van der Waals surface area contributed by atoms with Gasteiger partial charge in [-0.15, -0.1) is 0 Å². The number of halogens is 1. The van der Waals surface area contributed by atoms with Crippen molar-refractivity contribution >= 4 is 34.6 Å². The summed E-state index contributed by atoms with van der Waals surface area (Å²) in [7, 11) is 0. The van der Waals surface area contributed by atoms with E-state index in [0.29, 0.717) is 31.1 Å². The van der Waals surface area contributed by atoms with Gasteiger partial charge in [-0.1, -0.05) is 54.1 Å². The first-order valence-corrected chi connectivity index (χ1v) is 12.2. The van der Waals surface area contributed by atoms with Crippen LogP contribution in [-0.2, 0) is 17.6 Å². The number of nitrogens with one attached hydrogen (secondary N) is 1. The van der Waals surface area contributed by atoms with E-state index in [0.717, 1.165) is 29.9 Å². The van der Waals surface area contributed by atoms with Crippen molar-refractivity contribution in [3.05, 3.63) is 99.1 Å². The molecule has 2 atom stereocenters. The van der Waals surface area contributed by atoms with E-state index in [1.54, 1.807) is 12.1 Å². The summed E-state index contributed by atoms with van der Waals surface area (Å²) in [6, 6.07) is 22.8. The molecule has 0 spiro atoms. The lowest BCUT2D eigenvalue weighted by molar-refractivity contribution is -0.384. The number of fused-ring (bicyclic) bond motifs is 3. The third-order valence-electron chi connectivity index (χ3n) is 6.99. The number of non-ortho nitro benzene ring substituents is 1. The topological polar surface area (TPSA) is 78.7 Å². The fourth-order valence-corrected chi connectivity index (χ4v) is 5.51. The quantitative estimate of drug-likeness (QED) is 0.407. The average Bonchev–Trinajstić information content (AvgIpc) is 2.88. The van der Waals surface area contributed by atoms with Crippen molar-refractivity contribution in [2.24, 2.45) is 5.92 Å². The highest BCUT2D eigenvalue weighted by Crippen LogP contribution is 2.39. The van der Waals surface area contributed by atoms with Gasteiger partial charge >= 0.3 is 0 Å². The van der Waals surface area contributed by atoms with Crippen molar-refractivity contribution in [3.63, 3.8) is 0 Å². The van der Waals surface area contributed by atoms with E-state index in [9.17, 15) is 14.9 Å². The summed E-state index contributed by atoms with van der Waals surface area (Å²) < 4.78 is 0. The van der Waals surface area contributed by atoms with Gasteiger partial charge in [-0.3, -0.25) is 14.9 Å². The molecule has 3 aromatic rings. The maximum absolute atomic E-state index is 13.5. The van der Waals surface area contributed by atoms with Gasteiger partial charge in [0, 0.05) is 44.0 Å². The van der Waals surface area contributed by atoms with Crippen molar-refractivity contribution in [1.82, 2.24) is 5.32 Å². The van der Waals surface area contributed by atoms with Crippen molar-refractivity contribution in [1.29, 1.82) is 0 Å². The highest BCUT2D eigenvalue weighted by Gasteiger charge is 2.42. The van der Waals surface area contributed by atoms with E-state index in [1.165, 1.54) is 5.56 Å². The summed E-state index contributed by atoms with van der Waals surface area (Å²) >= 11 is 6.49. The van der Waals surface area contributed by atoms with Crippen LogP contribution < -0.4 is 15.1 Å². The number of benzene rings is 3. The molecule has 0 saturated carbocycles. The molecule has 0 aromatic heterocycles. The smallest absolute Gasteiger partial charge is 0.269 e. The van der Waals surface area contributed by atoms with E-state index in [4.69, 9.17) is 11.6 Å². The number of nitrogens with zero attached hydrogens (tertiary/aromatic N) is 3. The van der Waals surface area contributed by atoms with Gasteiger partial charge in [-0.2, -0.15) is 0 Å². The minimum Gasteiger partial charge on any atom is -0.366 e.